The molecule has 5 nitrogen and oxygen atoms in total. The summed E-state index contributed by atoms with van der Waals surface area (Å²) in [4.78, 5) is 18.1. The molecular formula is C15H22N2O3. The number of esters is 1. The Bertz CT molecular complexity index is 430. The van der Waals surface area contributed by atoms with Crippen molar-refractivity contribution in [3.05, 3.63) is 30.1 Å². The Morgan fingerprint density at radius 3 is 2.70 bits per heavy atom. The van der Waals surface area contributed by atoms with Crippen molar-refractivity contribution in [1.29, 1.82) is 0 Å². The molecule has 0 radical (unpaired) electrons. The molecule has 1 aliphatic heterocycles. The van der Waals surface area contributed by atoms with E-state index in [1.165, 1.54) is 7.11 Å². The second kappa shape index (κ2) is 6.81. The number of nitrogens with zero attached hydrogens (tertiary/aromatic N) is 2. The van der Waals surface area contributed by atoms with Gasteiger partial charge in [-0.15, -0.1) is 0 Å². The Labute approximate surface area is 119 Å². The average molecular weight is 278 g/mol. The van der Waals surface area contributed by atoms with Crippen LogP contribution in [0.1, 0.15) is 31.5 Å². The summed E-state index contributed by atoms with van der Waals surface area (Å²) in [6.07, 6.45) is 2.41. The summed E-state index contributed by atoms with van der Waals surface area (Å²) < 4.78 is 4.60. The van der Waals surface area contributed by atoms with Crippen LogP contribution < -0.4 is 0 Å². The van der Waals surface area contributed by atoms with E-state index in [4.69, 9.17) is 0 Å². The number of pyridine rings is 1. The number of piperidine rings is 1. The van der Waals surface area contributed by atoms with Crippen molar-refractivity contribution in [2.45, 2.75) is 31.9 Å². The van der Waals surface area contributed by atoms with Gasteiger partial charge in [0.25, 0.3) is 0 Å². The number of hydrogen-bond acceptors (Lipinski definition) is 5. The first-order chi connectivity index (χ1) is 9.63. The second-order valence-electron chi connectivity index (χ2n) is 5.27. The lowest BCUT2D eigenvalue weighted by Crippen LogP contribution is -2.41. The normalized spacial score (nSPS) is 20.4. The molecule has 2 heterocycles. The molecule has 110 valence electrons. The Morgan fingerprint density at radius 1 is 1.45 bits per heavy atom. The number of aliphatic hydroxyl groups is 1. The first-order valence-corrected chi connectivity index (χ1v) is 7.04. The minimum Gasteiger partial charge on any atom is -0.467 e. The van der Waals surface area contributed by atoms with Crippen molar-refractivity contribution in [3.63, 3.8) is 0 Å². The maximum absolute atomic E-state index is 11.4. The van der Waals surface area contributed by atoms with Gasteiger partial charge in [0.05, 0.1) is 12.8 Å². The van der Waals surface area contributed by atoms with Crippen LogP contribution in [0.2, 0.25) is 0 Å². The number of carbonyl (C=O) groups is 1. The maximum Gasteiger partial charge on any atom is 0.334 e. The summed E-state index contributed by atoms with van der Waals surface area (Å²) in [5.41, 5.74) is 1.06. The Balaban J connectivity index is 1.90. The monoisotopic (exact) mass is 278 g/mol. The van der Waals surface area contributed by atoms with Crippen LogP contribution in [0.3, 0.4) is 0 Å². The maximum atomic E-state index is 11.4. The van der Waals surface area contributed by atoms with Crippen LogP contribution in [-0.4, -0.2) is 47.3 Å². The van der Waals surface area contributed by atoms with Crippen molar-refractivity contribution in [3.8, 4) is 0 Å². The molecule has 1 fully saturated rings. The molecule has 1 aromatic rings. The molecular weight excluding hydrogens is 256 g/mol. The highest BCUT2D eigenvalue weighted by Gasteiger charge is 2.32. The van der Waals surface area contributed by atoms with Crippen molar-refractivity contribution in [1.82, 2.24) is 9.88 Å². The molecule has 2 rings (SSSR count). The molecule has 20 heavy (non-hydrogen) atoms. The highest BCUT2D eigenvalue weighted by atomic mass is 16.5. The van der Waals surface area contributed by atoms with E-state index in [1.54, 1.807) is 6.20 Å². The van der Waals surface area contributed by atoms with Crippen LogP contribution in [0.5, 0.6) is 0 Å². The third kappa shape index (κ3) is 3.35. The highest BCUT2D eigenvalue weighted by Crippen LogP contribution is 2.27. The smallest absolute Gasteiger partial charge is 0.334 e. The number of rotatable bonds is 4. The van der Waals surface area contributed by atoms with Gasteiger partial charge in [-0.2, -0.15) is 0 Å². The van der Waals surface area contributed by atoms with Gasteiger partial charge in [-0.25, -0.2) is 4.79 Å². The largest absolute Gasteiger partial charge is 0.467 e. The fourth-order valence-electron chi connectivity index (χ4n) is 2.75. The first kappa shape index (κ1) is 14.9. The van der Waals surface area contributed by atoms with Crippen LogP contribution in [0.25, 0.3) is 0 Å². The molecule has 1 aliphatic rings. The summed E-state index contributed by atoms with van der Waals surface area (Å²) in [7, 11) is 1.31. The number of carbonyl (C=O) groups excluding carboxylic acids is 1. The molecule has 5 heteroatoms. The van der Waals surface area contributed by atoms with Gasteiger partial charge in [0.2, 0.25) is 0 Å². The van der Waals surface area contributed by atoms with E-state index in [9.17, 15) is 9.90 Å². The van der Waals surface area contributed by atoms with E-state index in [1.807, 2.05) is 18.2 Å². The highest BCUT2D eigenvalue weighted by molar-refractivity contribution is 5.74. The Hall–Kier alpha value is -1.46. The van der Waals surface area contributed by atoms with Crippen molar-refractivity contribution >= 4 is 5.97 Å². The molecule has 1 aromatic heterocycles. The number of methoxy groups -OCH3 is 1. The summed E-state index contributed by atoms with van der Waals surface area (Å²) in [6.45, 7) is 3.85. The zero-order valence-electron chi connectivity index (χ0n) is 12.0. The van der Waals surface area contributed by atoms with E-state index in [-0.39, 0.29) is 12.0 Å². The van der Waals surface area contributed by atoms with E-state index >= 15 is 0 Å². The molecule has 1 N–H and O–H groups in total. The Kier molecular flexibility index (Phi) is 5.09. The zero-order valence-corrected chi connectivity index (χ0v) is 12.0. The van der Waals surface area contributed by atoms with Gasteiger partial charge in [0.1, 0.15) is 0 Å². The topological polar surface area (TPSA) is 62.7 Å². The summed E-state index contributed by atoms with van der Waals surface area (Å²) in [6, 6.07) is 6.19. The molecule has 0 aromatic carbocycles. The fourth-order valence-corrected chi connectivity index (χ4v) is 2.75. The number of ether oxygens (including phenoxy) is 1. The second-order valence-corrected chi connectivity index (χ2v) is 5.27. The first-order valence-electron chi connectivity index (χ1n) is 7.04. The average Bonchev–Trinajstić information content (AvgIpc) is 2.53. The lowest BCUT2D eigenvalue weighted by Gasteiger charge is -2.36. The van der Waals surface area contributed by atoms with Crippen LogP contribution in [0.4, 0.5) is 0 Å². The number of aliphatic hydroxyl groups excluding tert-OH is 1. The molecule has 2 unspecified atom stereocenters. The third-order valence-corrected chi connectivity index (χ3v) is 4.13. The van der Waals surface area contributed by atoms with E-state index in [0.717, 1.165) is 31.6 Å². The zero-order chi connectivity index (χ0) is 14.5. The molecule has 2 atom stereocenters. The van der Waals surface area contributed by atoms with Crippen molar-refractivity contribution in [2.24, 2.45) is 5.92 Å². The van der Waals surface area contributed by atoms with E-state index in [2.05, 4.69) is 21.5 Å². The van der Waals surface area contributed by atoms with Gasteiger partial charge in [-0.1, -0.05) is 6.07 Å². The fraction of sp³-hybridized carbons (Fsp3) is 0.600. The summed E-state index contributed by atoms with van der Waals surface area (Å²) in [5.74, 6) is -0.532. The van der Waals surface area contributed by atoms with E-state index < -0.39 is 12.1 Å². The predicted molar refractivity (Wildman–Crippen MR) is 75.0 cm³/mol. The number of likely N-dealkylation sites (tertiary alicyclic amines) is 1. The van der Waals surface area contributed by atoms with Gasteiger partial charge in [0.15, 0.2) is 6.10 Å². The number of hydrogen-bond donors (Lipinski definition) is 1. The van der Waals surface area contributed by atoms with Crippen LogP contribution in [0.15, 0.2) is 24.4 Å². The number of aromatic nitrogens is 1. The SMILES string of the molecule is COC(=O)C(O)C1CCN(C(C)c2ccccn2)CC1. The van der Waals surface area contributed by atoms with Crippen molar-refractivity contribution in [2.75, 3.05) is 20.2 Å². The van der Waals surface area contributed by atoms with Crippen LogP contribution in [-0.2, 0) is 9.53 Å². The minimum absolute atomic E-state index is 0.00497. The van der Waals surface area contributed by atoms with Gasteiger partial charge in [0, 0.05) is 12.2 Å². The standard InChI is InChI=1S/C15H22N2O3/c1-11(13-5-3-4-8-16-13)17-9-6-12(7-10-17)14(18)15(19)20-2/h3-5,8,11-12,14,18H,6-7,9-10H2,1-2H3. The molecule has 1 saturated heterocycles. The van der Waals surface area contributed by atoms with Crippen LogP contribution in [0, 0.1) is 5.92 Å². The molecule has 0 amide bonds. The van der Waals surface area contributed by atoms with Gasteiger partial charge < -0.3 is 9.84 Å². The Morgan fingerprint density at radius 2 is 2.15 bits per heavy atom. The molecule has 0 aliphatic carbocycles. The van der Waals surface area contributed by atoms with Gasteiger partial charge in [-0.3, -0.25) is 9.88 Å². The van der Waals surface area contributed by atoms with E-state index in [0.29, 0.717) is 0 Å². The lowest BCUT2D eigenvalue weighted by atomic mass is 9.90. The van der Waals surface area contributed by atoms with Crippen LogP contribution >= 0.6 is 0 Å². The summed E-state index contributed by atoms with van der Waals surface area (Å²) >= 11 is 0. The third-order valence-electron chi connectivity index (χ3n) is 4.13. The molecule has 0 saturated carbocycles. The lowest BCUT2D eigenvalue weighted by molar-refractivity contribution is -0.154. The predicted octanol–water partition coefficient (Wildman–Crippen LogP) is 1.39. The molecule has 0 spiro atoms. The van der Waals surface area contributed by atoms with Crippen molar-refractivity contribution < 1.29 is 14.6 Å². The van der Waals surface area contributed by atoms with Gasteiger partial charge in [-0.05, 0) is 50.9 Å². The quantitative estimate of drug-likeness (QED) is 0.843. The minimum atomic E-state index is -0.993. The van der Waals surface area contributed by atoms with Gasteiger partial charge >= 0.3 is 5.97 Å². The summed E-state index contributed by atoms with van der Waals surface area (Å²) in [5, 5.41) is 9.88. The molecule has 0 bridgehead atoms.